The number of rotatable bonds is 15. The van der Waals surface area contributed by atoms with Crippen molar-refractivity contribution in [3.05, 3.63) is 12.2 Å². The second kappa shape index (κ2) is 34.2. The second-order valence-corrected chi connectivity index (χ2v) is 21.6. The topological polar surface area (TPSA) is 0 Å². The lowest BCUT2D eigenvalue weighted by molar-refractivity contribution is 0.186. The molecule has 0 nitrogen and oxygen atoms in total. The van der Waals surface area contributed by atoms with Gasteiger partial charge < -0.3 is 0 Å². The van der Waals surface area contributed by atoms with Crippen LogP contribution in [-0.2, 0) is 0 Å². The third-order valence-corrected chi connectivity index (χ3v) is 17.8. The van der Waals surface area contributed by atoms with Crippen molar-refractivity contribution in [3.63, 3.8) is 0 Å². The van der Waals surface area contributed by atoms with Crippen LogP contribution in [0, 0.1) is 71.0 Å². The van der Waals surface area contributed by atoms with Gasteiger partial charge in [0.15, 0.2) is 0 Å². The predicted octanol–water partition coefficient (Wildman–Crippen LogP) is 21.3. The zero-order valence-electron chi connectivity index (χ0n) is 38.9. The molecule has 0 heteroatoms. The molecule has 0 bridgehead atoms. The summed E-state index contributed by atoms with van der Waals surface area (Å²) in [5.74, 6) is 12.5. The van der Waals surface area contributed by atoms with Crippen LogP contribution < -0.4 is 0 Å². The summed E-state index contributed by atoms with van der Waals surface area (Å²) < 4.78 is 0. The van der Waals surface area contributed by atoms with Gasteiger partial charge in [-0.15, -0.1) is 0 Å². The molecule has 0 atom stereocenters. The van der Waals surface area contributed by atoms with Crippen LogP contribution in [0.5, 0.6) is 0 Å². The Bertz CT molecular complexity index is 863. The molecule has 0 aromatic heterocycles. The molecule has 0 heterocycles. The smallest absolute Gasteiger partial charge is 0.0203 e. The van der Waals surface area contributed by atoms with Crippen molar-refractivity contribution in [2.75, 3.05) is 0 Å². The Morgan fingerprint density at radius 1 is 0.288 bits per heavy atom. The molecule has 0 N–H and O–H groups in total. The summed E-state index contributed by atoms with van der Waals surface area (Å²) in [6.45, 7) is 18.7. The maximum Gasteiger partial charge on any atom is -0.0203 e. The highest BCUT2D eigenvalue weighted by atomic mass is 14.4. The highest BCUT2D eigenvalue weighted by Gasteiger charge is 2.30. The maximum atomic E-state index is 4.54. The van der Waals surface area contributed by atoms with Gasteiger partial charge in [0.1, 0.15) is 0 Å². The summed E-state index contributed by atoms with van der Waals surface area (Å²) in [6.07, 6.45) is 52.3. The van der Waals surface area contributed by atoms with E-state index in [4.69, 9.17) is 0 Å². The third-order valence-electron chi connectivity index (χ3n) is 17.8. The summed E-state index contributed by atoms with van der Waals surface area (Å²) in [5.41, 5.74) is 1.65. The van der Waals surface area contributed by atoms with Crippen molar-refractivity contribution in [3.8, 4) is 0 Å². The Morgan fingerprint density at radius 3 is 0.678 bits per heavy atom. The van der Waals surface area contributed by atoms with Crippen molar-refractivity contribution in [1.29, 1.82) is 0 Å². The standard InChI is InChI=1S/C20H36.C18H34.C17H32.4CH4/c1-4-6-17-8-12-19(13-9-17)16(3)20-14-10-18(7-5-2)11-15-20;1-3-5-16-8-12-18(13-9-16)14-17-10-6-15(4-2)7-11-17;1-3-14-5-9-16(10-6-14)13-17-11-7-15(4-2)8-12-17;;;;/h17-20H,3-15H2,1-2H3;15-18H,3-14H2,1-2H3;14-17H,3-13H2,1-2H3;4*1H4. The molecule has 0 aromatic carbocycles. The van der Waals surface area contributed by atoms with Gasteiger partial charge in [-0.3, -0.25) is 0 Å². The van der Waals surface area contributed by atoms with Crippen LogP contribution >= 0.6 is 0 Å². The lowest BCUT2D eigenvalue weighted by atomic mass is 9.70. The molecule has 6 aliphatic rings. The minimum atomic E-state index is 0. The average Bonchev–Trinajstić information content (AvgIpc) is 3.23. The van der Waals surface area contributed by atoms with Crippen molar-refractivity contribution < 1.29 is 0 Å². The maximum absolute atomic E-state index is 4.54. The van der Waals surface area contributed by atoms with E-state index in [1.165, 1.54) is 148 Å². The molecule has 6 saturated carbocycles. The van der Waals surface area contributed by atoms with E-state index in [-0.39, 0.29) is 29.7 Å². The summed E-state index contributed by atoms with van der Waals surface area (Å²) >= 11 is 0. The zero-order chi connectivity index (χ0) is 39.3. The van der Waals surface area contributed by atoms with Gasteiger partial charge in [0.2, 0.25) is 0 Å². The molecule has 0 aromatic rings. The lowest BCUT2D eigenvalue weighted by Crippen LogP contribution is -2.23. The molecular weight excluding hydrogens is 709 g/mol. The SMILES string of the molecule is C.C.C.C.C=C(C1CCC(CCC)CC1)C1CCC(CCC)CC1.CCC1CCC(CC2CCC(CC)CC2)CC1.CCCC1CCC(CC2CCC(CC)CC2)CC1. The Morgan fingerprint density at radius 2 is 0.475 bits per heavy atom. The molecule has 59 heavy (non-hydrogen) atoms. The summed E-state index contributed by atoms with van der Waals surface area (Å²) in [4.78, 5) is 0. The Hall–Kier alpha value is -0.260. The first kappa shape index (κ1) is 58.7. The number of hydrogen-bond donors (Lipinski definition) is 0. The Balaban J connectivity index is 0.000000830. The average molecular weight is 828 g/mol. The fourth-order valence-electron chi connectivity index (χ4n) is 13.5. The number of allylic oxidation sites excluding steroid dienone is 1. The van der Waals surface area contributed by atoms with Gasteiger partial charge in [0.25, 0.3) is 0 Å². The van der Waals surface area contributed by atoms with Crippen LogP contribution in [0.3, 0.4) is 0 Å². The molecular formula is C59H118. The van der Waals surface area contributed by atoms with Gasteiger partial charge in [-0.05, 0) is 135 Å². The summed E-state index contributed by atoms with van der Waals surface area (Å²) in [5, 5.41) is 0. The number of hydrogen-bond acceptors (Lipinski definition) is 0. The first-order valence-electron chi connectivity index (χ1n) is 26.6. The van der Waals surface area contributed by atoms with Gasteiger partial charge in [-0.25, -0.2) is 0 Å². The third kappa shape index (κ3) is 21.8. The minimum Gasteiger partial charge on any atom is -0.0993 e. The van der Waals surface area contributed by atoms with E-state index in [9.17, 15) is 0 Å². The van der Waals surface area contributed by atoms with E-state index < -0.39 is 0 Å². The second-order valence-electron chi connectivity index (χ2n) is 21.6. The Labute approximate surface area is 377 Å². The van der Waals surface area contributed by atoms with E-state index >= 15 is 0 Å². The van der Waals surface area contributed by atoms with Crippen LogP contribution in [0.25, 0.3) is 0 Å². The van der Waals surface area contributed by atoms with Crippen LogP contribution in [0.4, 0.5) is 0 Å². The quantitative estimate of drug-likeness (QED) is 0.144. The van der Waals surface area contributed by atoms with Crippen LogP contribution in [-0.4, -0.2) is 0 Å². The van der Waals surface area contributed by atoms with E-state index in [1.54, 1.807) is 82.6 Å². The molecule has 6 fully saturated rings. The highest BCUT2D eigenvalue weighted by molar-refractivity contribution is 5.08. The van der Waals surface area contributed by atoms with Gasteiger partial charge in [-0.2, -0.15) is 0 Å². The van der Waals surface area contributed by atoms with Gasteiger partial charge in [-0.1, -0.05) is 244 Å². The van der Waals surface area contributed by atoms with Crippen LogP contribution in [0.2, 0.25) is 0 Å². The van der Waals surface area contributed by atoms with E-state index in [2.05, 4.69) is 48.1 Å². The molecule has 0 aliphatic heterocycles. The minimum absolute atomic E-state index is 0. The molecule has 0 amide bonds. The normalized spacial score (nSPS) is 34.6. The highest BCUT2D eigenvalue weighted by Crippen LogP contribution is 2.44. The predicted molar refractivity (Wildman–Crippen MR) is 274 cm³/mol. The van der Waals surface area contributed by atoms with Crippen molar-refractivity contribution in [2.24, 2.45) is 71.0 Å². The van der Waals surface area contributed by atoms with Crippen molar-refractivity contribution in [2.45, 2.75) is 296 Å². The first-order valence-corrected chi connectivity index (χ1v) is 26.6. The largest absolute Gasteiger partial charge is 0.0993 e. The fraction of sp³-hybridized carbons (Fsp3) is 0.966. The van der Waals surface area contributed by atoms with Gasteiger partial charge in [0.05, 0.1) is 0 Å². The van der Waals surface area contributed by atoms with Crippen LogP contribution in [0.1, 0.15) is 296 Å². The van der Waals surface area contributed by atoms with E-state index in [1.807, 2.05) is 0 Å². The van der Waals surface area contributed by atoms with Gasteiger partial charge >= 0.3 is 0 Å². The van der Waals surface area contributed by atoms with Crippen molar-refractivity contribution in [1.82, 2.24) is 0 Å². The molecule has 0 radical (unpaired) electrons. The van der Waals surface area contributed by atoms with E-state index in [0.29, 0.717) is 0 Å². The van der Waals surface area contributed by atoms with E-state index in [0.717, 1.165) is 71.0 Å². The van der Waals surface area contributed by atoms with Crippen LogP contribution in [0.15, 0.2) is 12.2 Å². The molecule has 6 aliphatic carbocycles. The molecule has 0 saturated heterocycles. The molecule has 6 rings (SSSR count). The molecule has 354 valence electrons. The monoisotopic (exact) mass is 827 g/mol. The lowest BCUT2D eigenvalue weighted by Gasteiger charge is -2.36. The Kier molecular flexibility index (Phi) is 34.0. The fourth-order valence-corrected chi connectivity index (χ4v) is 13.5. The first-order chi connectivity index (χ1) is 26.9. The molecule has 0 spiro atoms. The van der Waals surface area contributed by atoms with Gasteiger partial charge in [0, 0.05) is 0 Å². The molecule has 0 unspecified atom stereocenters. The zero-order valence-corrected chi connectivity index (χ0v) is 38.9. The summed E-state index contributed by atoms with van der Waals surface area (Å²) in [7, 11) is 0. The van der Waals surface area contributed by atoms with Crippen molar-refractivity contribution >= 4 is 0 Å². The summed E-state index contributed by atoms with van der Waals surface area (Å²) in [6, 6.07) is 0.